The van der Waals surface area contributed by atoms with E-state index in [1.165, 1.54) is 0 Å². The molecule has 156 valence electrons. The second-order valence-electron chi connectivity index (χ2n) is 7.66. The molecule has 4 rings (SSSR count). The van der Waals surface area contributed by atoms with Crippen LogP contribution in [0.5, 0.6) is 0 Å². The topological polar surface area (TPSA) is 53.3 Å². The smallest absolute Gasteiger partial charge is 0.249 e. The first kappa shape index (κ1) is 21.5. The van der Waals surface area contributed by atoms with Gasteiger partial charge in [-0.2, -0.15) is 5.26 Å². The molecule has 4 nitrogen and oxygen atoms in total. The van der Waals surface area contributed by atoms with Gasteiger partial charge in [-0.3, -0.25) is 4.79 Å². The van der Waals surface area contributed by atoms with E-state index < -0.39 is 0 Å². The van der Waals surface area contributed by atoms with Crippen LogP contribution in [-0.4, -0.2) is 35.0 Å². The lowest BCUT2D eigenvalue weighted by Crippen LogP contribution is -2.52. The third kappa shape index (κ3) is 4.78. The molecule has 0 bridgehead atoms. The first-order valence-electron chi connectivity index (χ1n) is 9.97. The third-order valence-corrected chi connectivity index (χ3v) is 7.03. The molecule has 0 N–H and O–H groups in total. The maximum absolute atomic E-state index is 13.2. The number of benzene rings is 2. The summed E-state index contributed by atoms with van der Waals surface area (Å²) in [6, 6.07) is 17.2. The second-order valence-corrected chi connectivity index (χ2v) is 9.57. The normalized spacial score (nSPS) is 22.6. The van der Waals surface area contributed by atoms with Crippen LogP contribution in [0.4, 0.5) is 0 Å². The summed E-state index contributed by atoms with van der Waals surface area (Å²) in [4.78, 5) is 15.2. The zero-order chi connectivity index (χ0) is 21.1. The van der Waals surface area contributed by atoms with Crippen LogP contribution in [0.1, 0.15) is 36.1 Å². The van der Waals surface area contributed by atoms with Crippen molar-refractivity contribution in [1.82, 2.24) is 4.90 Å². The number of rotatable bonds is 7. The Labute approximate surface area is 191 Å². The van der Waals surface area contributed by atoms with E-state index in [1.807, 2.05) is 53.4 Å². The van der Waals surface area contributed by atoms with Crippen molar-refractivity contribution in [2.24, 2.45) is 5.92 Å². The minimum atomic E-state index is -0.329. The number of amides is 1. The fraction of sp³-hybridized carbons (Fsp3) is 0.391. The molecule has 0 radical (unpaired) electrons. The minimum absolute atomic E-state index is 0.0114. The summed E-state index contributed by atoms with van der Waals surface area (Å²) >= 11 is 14.0. The standard InChI is InChI=1S/C23H22Cl2N2O2S/c24-18-8-6-16(7-9-18)22-23(17-2-1-3-19(25)12-17)29-13-21(28)27(22)20(15-4-5-15)14-30-11-10-26/h1-3,6-9,12,15,20,22-23H,4-5,11,13-14H2/t20?,22-,23-/m1/s1. The van der Waals surface area contributed by atoms with E-state index in [2.05, 4.69) is 6.07 Å². The van der Waals surface area contributed by atoms with Gasteiger partial charge in [-0.1, -0.05) is 47.5 Å². The van der Waals surface area contributed by atoms with Crippen molar-refractivity contribution in [1.29, 1.82) is 5.26 Å². The number of nitriles is 1. The second kappa shape index (κ2) is 9.62. The van der Waals surface area contributed by atoms with Crippen molar-refractivity contribution in [2.45, 2.75) is 31.0 Å². The van der Waals surface area contributed by atoms with Crippen LogP contribution in [-0.2, 0) is 9.53 Å². The van der Waals surface area contributed by atoms with Gasteiger partial charge in [-0.05, 0) is 54.2 Å². The van der Waals surface area contributed by atoms with E-state index in [9.17, 15) is 4.79 Å². The van der Waals surface area contributed by atoms with Crippen LogP contribution >= 0.6 is 35.0 Å². The summed E-state index contributed by atoms with van der Waals surface area (Å²) in [5, 5.41) is 10.3. The molecule has 2 aliphatic rings. The molecule has 2 aromatic rings. The molecule has 1 amide bonds. The zero-order valence-corrected chi connectivity index (χ0v) is 18.7. The zero-order valence-electron chi connectivity index (χ0n) is 16.3. The van der Waals surface area contributed by atoms with Crippen molar-refractivity contribution in [3.63, 3.8) is 0 Å². The van der Waals surface area contributed by atoms with Crippen LogP contribution in [0.25, 0.3) is 0 Å². The molecule has 1 aliphatic heterocycles. The Hall–Kier alpha value is -1.71. The number of ether oxygens (including phenoxy) is 1. The Morgan fingerprint density at radius 2 is 1.90 bits per heavy atom. The van der Waals surface area contributed by atoms with Gasteiger partial charge in [-0.25, -0.2) is 0 Å². The van der Waals surface area contributed by atoms with Gasteiger partial charge in [0.2, 0.25) is 5.91 Å². The van der Waals surface area contributed by atoms with Crippen LogP contribution in [0.3, 0.4) is 0 Å². The number of halogens is 2. The van der Waals surface area contributed by atoms with Crippen molar-refractivity contribution < 1.29 is 9.53 Å². The van der Waals surface area contributed by atoms with Crippen molar-refractivity contribution >= 4 is 40.9 Å². The highest BCUT2D eigenvalue weighted by Crippen LogP contribution is 2.46. The Bertz CT molecular complexity index is 943. The Morgan fingerprint density at radius 3 is 2.57 bits per heavy atom. The molecule has 2 aromatic carbocycles. The molecule has 1 heterocycles. The Kier molecular flexibility index (Phi) is 6.90. The number of hydrogen-bond acceptors (Lipinski definition) is 4. The van der Waals surface area contributed by atoms with Gasteiger partial charge in [0.1, 0.15) is 12.7 Å². The molecule has 1 saturated carbocycles. The van der Waals surface area contributed by atoms with Crippen LogP contribution < -0.4 is 0 Å². The van der Waals surface area contributed by atoms with Crippen molar-refractivity contribution in [3.05, 3.63) is 69.7 Å². The molecule has 1 unspecified atom stereocenters. The maximum atomic E-state index is 13.2. The van der Waals surface area contributed by atoms with Crippen LogP contribution in [0, 0.1) is 17.2 Å². The quantitative estimate of drug-likeness (QED) is 0.499. The lowest BCUT2D eigenvalue weighted by Gasteiger charge is -2.45. The first-order valence-corrected chi connectivity index (χ1v) is 11.9. The number of carbonyl (C=O) groups excluding carboxylic acids is 1. The molecule has 1 aliphatic carbocycles. The summed E-state index contributed by atoms with van der Waals surface area (Å²) in [6.07, 6.45) is 1.89. The Morgan fingerprint density at radius 1 is 1.13 bits per heavy atom. The average Bonchev–Trinajstić information content (AvgIpc) is 3.57. The molecule has 0 spiro atoms. The van der Waals surface area contributed by atoms with Gasteiger partial charge in [0.15, 0.2) is 0 Å². The van der Waals surface area contributed by atoms with Crippen molar-refractivity contribution in [2.75, 3.05) is 18.1 Å². The summed E-state index contributed by atoms with van der Waals surface area (Å²) in [5.41, 5.74) is 1.92. The van der Waals surface area contributed by atoms with E-state index in [1.54, 1.807) is 11.8 Å². The third-order valence-electron chi connectivity index (χ3n) is 5.63. The van der Waals surface area contributed by atoms with Crippen LogP contribution in [0.15, 0.2) is 48.5 Å². The number of thioether (sulfide) groups is 1. The summed E-state index contributed by atoms with van der Waals surface area (Å²) in [6.45, 7) is 0.0351. The molecule has 7 heteroatoms. The van der Waals surface area contributed by atoms with Gasteiger partial charge in [0.25, 0.3) is 0 Å². The fourth-order valence-corrected chi connectivity index (χ4v) is 5.33. The van der Waals surface area contributed by atoms with Gasteiger partial charge < -0.3 is 9.64 Å². The van der Waals surface area contributed by atoms with E-state index >= 15 is 0 Å². The minimum Gasteiger partial charge on any atom is -0.361 e. The first-order chi connectivity index (χ1) is 14.6. The summed E-state index contributed by atoms with van der Waals surface area (Å²) in [7, 11) is 0. The molecule has 30 heavy (non-hydrogen) atoms. The highest BCUT2D eigenvalue weighted by atomic mass is 35.5. The highest BCUT2D eigenvalue weighted by molar-refractivity contribution is 7.99. The molecule has 2 fully saturated rings. The summed E-state index contributed by atoms with van der Waals surface area (Å²) < 4.78 is 6.09. The van der Waals surface area contributed by atoms with Gasteiger partial charge in [-0.15, -0.1) is 11.8 Å². The summed E-state index contributed by atoms with van der Waals surface area (Å²) in [5.74, 6) is 1.62. The molecular weight excluding hydrogens is 439 g/mol. The van der Waals surface area contributed by atoms with Crippen LogP contribution in [0.2, 0.25) is 10.0 Å². The predicted molar refractivity (Wildman–Crippen MR) is 121 cm³/mol. The maximum Gasteiger partial charge on any atom is 0.249 e. The van der Waals surface area contributed by atoms with Gasteiger partial charge in [0, 0.05) is 21.8 Å². The lowest BCUT2D eigenvalue weighted by atomic mass is 9.91. The number of nitrogens with zero attached hydrogens (tertiary/aromatic N) is 2. The molecule has 3 atom stereocenters. The van der Waals surface area contributed by atoms with E-state index in [4.69, 9.17) is 33.2 Å². The van der Waals surface area contributed by atoms with Crippen molar-refractivity contribution in [3.8, 4) is 6.07 Å². The number of hydrogen-bond donors (Lipinski definition) is 0. The molecule has 0 aromatic heterocycles. The lowest BCUT2D eigenvalue weighted by molar-refractivity contribution is -0.163. The Balaban J connectivity index is 1.75. The van der Waals surface area contributed by atoms with Gasteiger partial charge in [0.05, 0.1) is 17.9 Å². The fourth-order valence-electron chi connectivity index (χ4n) is 4.13. The number of carbonyl (C=O) groups is 1. The SMILES string of the molecule is N#CCSCC(C1CC1)N1C(=O)CO[C@H](c2cccc(Cl)c2)[C@H]1c1ccc(Cl)cc1. The van der Waals surface area contributed by atoms with E-state index in [0.717, 1.165) is 29.7 Å². The molecule has 1 saturated heterocycles. The van der Waals surface area contributed by atoms with E-state index in [0.29, 0.717) is 21.7 Å². The predicted octanol–water partition coefficient (Wildman–Crippen LogP) is 5.67. The van der Waals surface area contributed by atoms with Gasteiger partial charge >= 0.3 is 0 Å². The molecular formula is C23H22Cl2N2O2S. The monoisotopic (exact) mass is 460 g/mol. The largest absolute Gasteiger partial charge is 0.361 e. The number of morpholine rings is 1. The van der Waals surface area contributed by atoms with E-state index in [-0.39, 0.29) is 30.7 Å². The highest BCUT2D eigenvalue weighted by Gasteiger charge is 2.46. The average molecular weight is 461 g/mol.